The van der Waals surface area contributed by atoms with E-state index in [1.54, 1.807) is 6.07 Å². The Bertz CT molecular complexity index is 959. The van der Waals surface area contributed by atoms with E-state index in [0.29, 0.717) is 18.1 Å². The van der Waals surface area contributed by atoms with Crippen LogP contribution in [0.1, 0.15) is 12.8 Å². The standard InChI is InChI=1S/C16H14Cl2N2O5S/c17-11-3-5-13(18)16(9-11)25-15-6-4-12(10-14(15)20(21)22)26(23,24)19-7-1-2-8-19/h3-6,9-10H,1-2,7-8H2. The lowest BCUT2D eigenvalue weighted by atomic mass is 10.3. The smallest absolute Gasteiger partial charge is 0.312 e. The van der Waals surface area contributed by atoms with Gasteiger partial charge in [0.25, 0.3) is 0 Å². The fourth-order valence-electron chi connectivity index (χ4n) is 2.64. The van der Waals surface area contributed by atoms with Crippen LogP contribution in [0.25, 0.3) is 0 Å². The van der Waals surface area contributed by atoms with E-state index in [1.165, 1.54) is 28.6 Å². The molecule has 1 saturated heterocycles. The largest absolute Gasteiger partial charge is 0.449 e. The molecule has 1 heterocycles. The first kappa shape index (κ1) is 18.9. The highest BCUT2D eigenvalue weighted by molar-refractivity contribution is 7.89. The fourth-order valence-corrected chi connectivity index (χ4v) is 4.49. The molecule has 3 rings (SSSR count). The molecule has 0 aliphatic carbocycles. The SMILES string of the molecule is O=[N+]([O-])c1cc(S(=O)(=O)N2CCCC2)ccc1Oc1cc(Cl)ccc1Cl. The number of ether oxygens (including phenoxy) is 1. The molecule has 1 fully saturated rings. The molecule has 1 aliphatic heterocycles. The van der Waals surface area contributed by atoms with Crippen molar-refractivity contribution >= 4 is 38.9 Å². The molecule has 0 amide bonds. The van der Waals surface area contributed by atoms with E-state index < -0.39 is 20.6 Å². The first-order valence-electron chi connectivity index (χ1n) is 7.70. The third kappa shape index (κ3) is 3.78. The summed E-state index contributed by atoms with van der Waals surface area (Å²) in [7, 11) is -3.77. The highest BCUT2D eigenvalue weighted by Crippen LogP contribution is 2.38. The number of rotatable bonds is 5. The molecular formula is C16H14Cl2N2O5S. The van der Waals surface area contributed by atoms with Gasteiger partial charge >= 0.3 is 5.69 Å². The van der Waals surface area contributed by atoms with Crippen LogP contribution in [0.2, 0.25) is 10.0 Å². The van der Waals surface area contributed by atoms with Gasteiger partial charge in [0, 0.05) is 30.2 Å². The summed E-state index contributed by atoms with van der Waals surface area (Å²) in [6.07, 6.45) is 1.55. The van der Waals surface area contributed by atoms with Gasteiger partial charge in [-0.1, -0.05) is 23.2 Å². The summed E-state index contributed by atoms with van der Waals surface area (Å²) in [5.41, 5.74) is -0.471. The number of hydrogen-bond acceptors (Lipinski definition) is 5. The van der Waals surface area contributed by atoms with E-state index in [1.807, 2.05) is 0 Å². The molecule has 1 aliphatic rings. The average molecular weight is 417 g/mol. The van der Waals surface area contributed by atoms with Gasteiger partial charge in [-0.2, -0.15) is 4.31 Å². The van der Waals surface area contributed by atoms with Crippen LogP contribution in [0.15, 0.2) is 41.3 Å². The maximum atomic E-state index is 12.6. The van der Waals surface area contributed by atoms with E-state index in [2.05, 4.69) is 0 Å². The zero-order valence-electron chi connectivity index (χ0n) is 13.4. The van der Waals surface area contributed by atoms with Crippen molar-refractivity contribution in [2.75, 3.05) is 13.1 Å². The Morgan fingerprint density at radius 2 is 1.73 bits per heavy atom. The van der Waals surface area contributed by atoms with Crippen LogP contribution in [0.4, 0.5) is 5.69 Å². The number of nitro benzene ring substituents is 1. The van der Waals surface area contributed by atoms with Gasteiger partial charge in [0.1, 0.15) is 5.75 Å². The predicted molar refractivity (Wildman–Crippen MR) is 97.6 cm³/mol. The van der Waals surface area contributed by atoms with E-state index >= 15 is 0 Å². The van der Waals surface area contributed by atoms with Crippen molar-refractivity contribution < 1.29 is 18.1 Å². The molecule has 0 atom stereocenters. The first-order valence-corrected chi connectivity index (χ1v) is 9.90. The summed E-state index contributed by atoms with van der Waals surface area (Å²) < 4.78 is 32.0. The van der Waals surface area contributed by atoms with Crippen molar-refractivity contribution in [1.29, 1.82) is 0 Å². The molecule has 0 radical (unpaired) electrons. The van der Waals surface area contributed by atoms with E-state index in [-0.39, 0.29) is 21.4 Å². The Labute approximate surface area is 160 Å². The van der Waals surface area contributed by atoms with Gasteiger partial charge < -0.3 is 4.74 Å². The number of nitro groups is 1. The Morgan fingerprint density at radius 1 is 1.04 bits per heavy atom. The van der Waals surface area contributed by atoms with Crippen molar-refractivity contribution in [3.8, 4) is 11.5 Å². The fraction of sp³-hybridized carbons (Fsp3) is 0.250. The van der Waals surface area contributed by atoms with Gasteiger partial charge in [0.2, 0.25) is 15.8 Å². The molecule has 0 N–H and O–H groups in total. The third-order valence-electron chi connectivity index (χ3n) is 3.94. The quantitative estimate of drug-likeness (QED) is 0.529. The van der Waals surface area contributed by atoms with Gasteiger partial charge in [0.15, 0.2) is 0 Å². The zero-order valence-corrected chi connectivity index (χ0v) is 15.7. The van der Waals surface area contributed by atoms with Crippen molar-refractivity contribution in [1.82, 2.24) is 4.31 Å². The molecule has 0 bridgehead atoms. The summed E-state index contributed by atoms with van der Waals surface area (Å²) in [6, 6.07) is 8.00. The highest BCUT2D eigenvalue weighted by Gasteiger charge is 2.30. The van der Waals surface area contributed by atoms with Crippen LogP contribution < -0.4 is 4.74 Å². The summed E-state index contributed by atoms with van der Waals surface area (Å²) in [5, 5.41) is 12.0. The predicted octanol–water partition coefficient (Wildman–Crippen LogP) is 4.48. The van der Waals surface area contributed by atoms with Crippen LogP contribution >= 0.6 is 23.2 Å². The van der Waals surface area contributed by atoms with Crippen molar-refractivity contribution in [3.05, 3.63) is 56.6 Å². The monoisotopic (exact) mass is 416 g/mol. The maximum absolute atomic E-state index is 12.6. The second-order valence-electron chi connectivity index (χ2n) is 5.67. The molecule has 0 saturated carbocycles. The van der Waals surface area contributed by atoms with Crippen molar-refractivity contribution in [2.24, 2.45) is 0 Å². The second kappa shape index (κ2) is 7.40. The molecule has 0 aromatic heterocycles. The molecule has 7 nitrogen and oxygen atoms in total. The van der Waals surface area contributed by atoms with Crippen molar-refractivity contribution in [2.45, 2.75) is 17.7 Å². The molecule has 26 heavy (non-hydrogen) atoms. The molecule has 0 spiro atoms. The van der Waals surface area contributed by atoms with Crippen LogP contribution in [0, 0.1) is 10.1 Å². The van der Waals surface area contributed by atoms with Crippen molar-refractivity contribution in [3.63, 3.8) is 0 Å². The molecular weight excluding hydrogens is 403 g/mol. The van der Waals surface area contributed by atoms with Crippen LogP contribution in [-0.4, -0.2) is 30.7 Å². The Kier molecular flexibility index (Phi) is 5.38. The topological polar surface area (TPSA) is 89.8 Å². The summed E-state index contributed by atoms with van der Waals surface area (Å²) in [4.78, 5) is 10.6. The zero-order chi connectivity index (χ0) is 18.9. The van der Waals surface area contributed by atoms with Crippen LogP contribution in [0.5, 0.6) is 11.5 Å². The van der Waals surface area contributed by atoms with E-state index in [0.717, 1.165) is 18.9 Å². The molecule has 0 unspecified atom stereocenters. The van der Waals surface area contributed by atoms with Crippen LogP contribution in [-0.2, 0) is 10.0 Å². The van der Waals surface area contributed by atoms with E-state index in [9.17, 15) is 18.5 Å². The van der Waals surface area contributed by atoms with E-state index in [4.69, 9.17) is 27.9 Å². The summed E-state index contributed by atoms with van der Waals surface area (Å²) >= 11 is 11.9. The summed E-state index contributed by atoms with van der Waals surface area (Å²) in [6.45, 7) is 0.818. The maximum Gasteiger partial charge on any atom is 0.312 e. The average Bonchev–Trinajstić information content (AvgIpc) is 3.13. The lowest BCUT2D eigenvalue weighted by Crippen LogP contribution is -2.27. The lowest BCUT2D eigenvalue weighted by Gasteiger charge is -2.16. The van der Waals surface area contributed by atoms with Crippen LogP contribution in [0.3, 0.4) is 0 Å². The number of halogens is 2. The number of hydrogen-bond donors (Lipinski definition) is 0. The molecule has 2 aromatic carbocycles. The first-order chi connectivity index (χ1) is 12.3. The lowest BCUT2D eigenvalue weighted by molar-refractivity contribution is -0.385. The number of nitrogens with zero attached hydrogens (tertiary/aromatic N) is 2. The normalized spacial score (nSPS) is 15.2. The van der Waals surface area contributed by atoms with Gasteiger partial charge in [-0.15, -0.1) is 0 Å². The van der Waals surface area contributed by atoms with Gasteiger partial charge in [-0.3, -0.25) is 10.1 Å². The molecule has 138 valence electrons. The van der Waals surface area contributed by atoms with Gasteiger partial charge in [-0.05, 0) is 37.1 Å². The molecule has 10 heteroatoms. The Balaban J connectivity index is 2.00. The Morgan fingerprint density at radius 3 is 2.38 bits per heavy atom. The second-order valence-corrected chi connectivity index (χ2v) is 8.46. The minimum atomic E-state index is -3.77. The Hall–Kier alpha value is -1.87. The number of benzene rings is 2. The highest BCUT2D eigenvalue weighted by atomic mass is 35.5. The summed E-state index contributed by atoms with van der Waals surface area (Å²) in [5.74, 6) is 0.0111. The van der Waals surface area contributed by atoms with Gasteiger partial charge in [0.05, 0.1) is 14.8 Å². The third-order valence-corrected chi connectivity index (χ3v) is 6.39. The minimum Gasteiger partial charge on any atom is -0.449 e. The number of sulfonamides is 1. The molecule has 2 aromatic rings. The van der Waals surface area contributed by atoms with Gasteiger partial charge in [-0.25, -0.2) is 8.42 Å². The minimum absolute atomic E-state index is 0.125.